The number of fused-ring (bicyclic) bond motifs is 3. The molecule has 16 heavy (non-hydrogen) atoms. The minimum absolute atomic E-state index is 0.0598. The number of ether oxygens (including phenoxy) is 1. The quantitative estimate of drug-likeness (QED) is 0.674. The highest BCUT2D eigenvalue weighted by Crippen LogP contribution is 2.31. The summed E-state index contributed by atoms with van der Waals surface area (Å²) in [6.07, 6.45) is 0. The van der Waals surface area contributed by atoms with Crippen LogP contribution in [0.5, 0.6) is 5.75 Å². The number of nitrogens with one attached hydrogen (secondary N) is 2. The zero-order valence-electron chi connectivity index (χ0n) is 9.21. The molecule has 84 valence electrons. The first-order chi connectivity index (χ1) is 7.79. The Morgan fingerprint density at radius 2 is 2.31 bits per heavy atom. The molecular formula is C12H15N3O. The lowest BCUT2D eigenvalue weighted by Gasteiger charge is -2.20. The maximum atomic E-state index is 6.13. The van der Waals surface area contributed by atoms with Gasteiger partial charge in [0.25, 0.3) is 0 Å². The van der Waals surface area contributed by atoms with Gasteiger partial charge in [0.15, 0.2) is 0 Å². The van der Waals surface area contributed by atoms with Gasteiger partial charge in [0.2, 0.25) is 0 Å². The molecule has 1 aromatic heterocycles. The molecule has 0 radical (unpaired) electrons. The van der Waals surface area contributed by atoms with Crippen LogP contribution in [0.2, 0.25) is 0 Å². The summed E-state index contributed by atoms with van der Waals surface area (Å²) < 4.78 is 5.25. The lowest BCUT2D eigenvalue weighted by Crippen LogP contribution is -2.32. The number of aromatic nitrogens is 1. The van der Waals surface area contributed by atoms with Gasteiger partial charge in [-0.05, 0) is 18.2 Å². The highest BCUT2D eigenvalue weighted by atomic mass is 16.5. The van der Waals surface area contributed by atoms with Crippen LogP contribution in [0.25, 0.3) is 10.9 Å². The van der Waals surface area contributed by atoms with Crippen LogP contribution in [-0.4, -0.2) is 18.6 Å². The van der Waals surface area contributed by atoms with E-state index in [1.54, 1.807) is 7.11 Å². The summed E-state index contributed by atoms with van der Waals surface area (Å²) >= 11 is 0. The number of hydrogen-bond acceptors (Lipinski definition) is 3. The van der Waals surface area contributed by atoms with Gasteiger partial charge in [0, 0.05) is 41.3 Å². The molecule has 0 amide bonds. The Labute approximate surface area is 93.8 Å². The first kappa shape index (κ1) is 9.69. The Hall–Kier alpha value is -1.52. The molecule has 0 bridgehead atoms. The second-order valence-corrected chi connectivity index (χ2v) is 4.17. The summed E-state index contributed by atoms with van der Waals surface area (Å²) in [5, 5.41) is 4.48. The summed E-state index contributed by atoms with van der Waals surface area (Å²) in [6, 6.07) is 6.11. The molecule has 0 aliphatic carbocycles. The Bertz CT molecular complexity index is 532. The zero-order chi connectivity index (χ0) is 11.1. The minimum atomic E-state index is 0.0598. The average molecular weight is 217 g/mol. The number of methoxy groups -OCH3 is 1. The van der Waals surface area contributed by atoms with E-state index in [1.165, 1.54) is 16.6 Å². The van der Waals surface area contributed by atoms with Crippen molar-refractivity contribution in [1.29, 1.82) is 0 Å². The molecule has 4 nitrogen and oxygen atoms in total. The van der Waals surface area contributed by atoms with Gasteiger partial charge < -0.3 is 20.8 Å². The predicted molar refractivity (Wildman–Crippen MR) is 63.5 cm³/mol. The van der Waals surface area contributed by atoms with Crippen molar-refractivity contribution in [3.05, 3.63) is 29.5 Å². The van der Waals surface area contributed by atoms with Gasteiger partial charge in [-0.1, -0.05) is 0 Å². The third kappa shape index (κ3) is 1.31. The van der Waals surface area contributed by atoms with Crippen molar-refractivity contribution >= 4 is 10.9 Å². The molecule has 1 aromatic carbocycles. The van der Waals surface area contributed by atoms with Gasteiger partial charge in [0.05, 0.1) is 7.11 Å². The van der Waals surface area contributed by atoms with Crippen molar-refractivity contribution in [2.24, 2.45) is 5.73 Å². The fourth-order valence-electron chi connectivity index (χ4n) is 2.39. The lowest BCUT2D eigenvalue weighted by molar-refractivity contribution is 0.415. The van der Waals surface area contributed by atoms with Crippen LogP contribution < -0.4 is 15.8 Å². The van der Waals surface area contributed by atoms with Crippen molar-refractivity contribution in [3.8, 4) is 5.75 Å². The monoisotopic (exact) mass is 217 g/mol. The molecule has 3 rings (SSSR count). The second kappa shape index (κ2) is 3.50. The maximum absolute atomic E-state index is 6.13. The summed E-state index contributed by atoms with van der Waals surface area (Å²) in [5.41, 5.74) is 9.68. The maximum Gasteiger partial charge on any atom is 0.119 e. The smallest absolute Gasteiger partial charge is 0.119 e. The van der Waals surface area contributed by atoms with E-state index in [2.05, 4.69) is 16.4 Å². The number of hydrogen-bond donors (Lipinski definition) is 3. The van der Waals surface area contributed by atoms with Crippen LogP contribution in [0.15, 0.2) is 18.2 Å². The van der Waals surface area contributed by atoms with Gasteiger partial charge >= 0.3 is 0 Å². The molecule has 0 saturated heterocycles. The van der Waals surface area contributed by atoms with Crippen LogP contribution in [-0.2, 0) is 6.54 Å². The summed E-state index contributed by atoms with van der Waals surface area (Å²) in [5.74, 6) is 0.875. The molecule has 0 saturated carbocycles. The first-order valence-corrected chi connectivity index (χ1v) is 5.44. The molecule has 4 N–H and O–H groups in total. The van der Waals surface area contributed by atoms with E-state index < -0.39 is 0 Å². The van der Waals surface area contributed by atoms with Gasteiger partial charge in [0.1, 0.15) is 5.75 Å². The van der Waals surface area contributed by atoms with Crippen molar-refractivity contribution in [3.63, 3.8) is 0 Å². The Balaban J connectivity index is 2.26. The lowest BCUT2D eigenvalue weighted by atomic mass is 10.0. The van der Waals surface area contributed by atoms with E-state index in [1.807, 2.05) is 12.1 Å². The molecule has 0 spiro atoms. The van der Waals surface area contributed by atoms with Crippen molar-refractivity contribution in [2.45, 2.75) is 12.6 Å². The van der Waals surface area contributed by atoms with Gasteiger partial charge in [-0.2, -0.15) is 0 Å². The van der Waals surface area contributed by atoms with Crippen molar-refractivity contribution in [1.82, 2.24) is 10.3 Å². The Morgan fingerprint density at radius 1 is 1.44 bits per heavy atom. The van der Waals surface area contributed by atoms with Crippen LogP contribution in [0.1, 0.15) is 17.3 Å². The highest BCUT2D eigenvalue weighted by molar-refractivity contribution is 5.86. The van der Waals surface area contributed by atoms with Gasteiger partial charge in [-0.3, -0.25) is 0 Å². The molecule has 1 aliphatic heterocycles. The van der Waals surface area contributed by atoms with E-state index in [9.17, 15) is 0 Å². The zero-order valence-corrected chi connectivity index (χ0v) is 9.21. The van der Waals surface area contributed by atoms with Crippen LogP contribution in [0.4, 0.5) is 0 Å². The Kier molecular flexibility index (Phi) is 2.12. The average Bonchev–Trinajstić information content (AvgIpc) is 2.67. The third-order valence-electron chi connectivity index (χ3n) is 3.16. The largest absolute Gasteiger partial charge is 0.497 e. The molecule has 1 aliphatic rings. The number of H-pyrrole nitrogens is 1. The summed E-state index contributed by atoms with van der Waals surface area (Å²) in [7, 11) is 1.68. The van der Waals surface area contributed by atoms with Crippen molar-refractivity contribution < 1.29 is 4.74 Å². The second-order valence-electron chi connectivity index (χ2n) is 4.17. The molecule has 2 aromatic rings. The first-order valence-electron chi connectivity index (χ1n) is 5.44. The van der Waals surface area contributed by atoms with E-state index in [0.717, 1.165) is 24.4 Å². The number of benzene rings is 1. The fourth-order valence-corrected chi connectivity index (χ4v) is 2.39. The summed E-state index contributed by atoms with van der Waals surface area (Å²) in [6.45, 7) is 1.69. The number of rotatable bonds is 1. The molecular weight excluding hydrogens is 202 g/mol. The van der Waals surface area contributed by atoms with Crippen LogP contribution >= 0.6 is 0 Å². The minimum Gasteiger partial charge on any atom is -0.497 e. The predicted octanol–water partition coefficient (Wildman–Crippen LogP) is 1.28. The normalized spacial score (nSPS) is 19.8. The van der Waals surface area contributed by atoms with E-state index >= 15 is 0 Å². The van der Waals surface area contributed by atoms with Crippen LogP contribution in [0.3, 0.4) is 0 Å². The fraction of sp³-hybridized carbons (Fsp3) is 0.333. The van der Waals surface area contributed by atoms with Gasteiger partial charge in [-0.25, -0.2) is 0 Å². The van der Waals surface area contributed by atoms with Gasteiger partial charge in [-0.15, -0.1) is 0 Å². The number of aromatic amines is 1. The Morgan fingerprint density at radius 3 is 3.12 bits per heavy atom. The molecule has 1 atom stereocenters. The molecule has 2 heterocycles. The molecule has 1 unspecified atom stereocenters. The van der Waals surface area contributed by atoms with Crippen molar-refractivity contribution in [2.75, 3.05) is 13.7 Å². The third-order valence-corrected chi connectivity index (χ3v) is 3.16. The molecule has 0 fully saturated rings. The van der Waals surface area contributed by atoms with Crippen LogP contribution in [0, 0.1) is 0 Å². The number of nitrogens with two attached hydrogens (primary N) is 1. The topological polar surface area (TPSA) is 63.1 Å². The standard InChI is InChI=1S/C12H15N3O/c1-16-7-2-3-10-8(4-7)12-9(13)5-14-6-11(12)15-10/h2-4,9,14-15H,5-6,13H2,1H3. The summed E-state index contributed by atoms with van der Waals surface area (Å²) in [4.78, 5) is 3.40. The van der Waals surface area contributed by atoms with E-state index in [0.29, 0.717) is 0 Å². The SMILES string of the molecule is COc1ccc2[nH]c3c(c2c1)C(N)CNC3. The van der Waals surface area contributed by atoms with E-state index in [4.69, 9.17) is 10.5 Å². The molecule has 4 heteroatoms. The van der Waals surface area contributed by atoms with E-state index in [-0.39, 0.29) is 6.04 Å². The highest BCUT2D eigenvalue weighted by Gasteiger charge is 2.21.